The van der Waals surface area contributed by atoms with Gasteiger partial charge in [0.1, 0.15) is 5.75 Å². The molecule has 1 aromatic heterocycles. The van der Waals surface area contributed by atoms with Gasteiger partial charge in [-0.15, -0.1) is 12.4 Å². The van der Waals surface area contributed by atoms with Crippen LogP contribution in [0.4, 0.5) is 0 Å². The maximum atomic E-state index is 5.20. The first-order chi connectivity index (χ1) is 10.8. The number of aromatic nitrogens is 2. The third-order valence-corrected chi connectivity index (χ3v) is 5.16. The second-order valence-electron chi connectivity index (χ2n) is 6.44. The standard InChI is InChI=1S/C18H21N3O.ClH/c1-22-15-5-3-14(4-6-15)16-7-8-17(20-19-16)18-9-2-11-21(13-18)12-10-18;/h3-8H,2,9-13H2,1H3;1H/t18-;/m0./s1. The maximum absolute atomic E-state index is 5.20. The first-order valence-electron chi connectivity index (χ1n) is 8.00. The largest absolute Gasteiger partial charge is 0.497 e. The van der Waals surface area contributed by atoms with Crippen LogP contribution < -0.4 is 4.74 Å². The van der Waals surface area contributed by atoms with Crippen LogP contribution in [0, 0.1) is 0 Å². The van der Waals surface area contributed by atoms with E-state index in [4.69, 9.17) is 4.74 Å². The van der Waals surface area contributed by atoms with Crippen LogP contribution in [0.2, 0.25) is 0 Å². The Morgan fingerprint density at radius 2 is 1.83 bits per heavy atom. The minimum atomic E-state index is 0. The first-order valence-corrected chi connectivity index (χ1v) is 8.00. The topological polar surface area (TPSA) is 38.2 Å². The Kier molecular flexibility index (Phi) is 4.55. The molecule has 1 aromatic carbocycles. The molecule has 0 amide bonds. The van der Waals surface area contributed by atoms with Crippen LogP contribution in [-0.2, 0) is 5.41 Å². The van der Waals surface area contributed by atoms with Crippen molar-refractivity contribution in [2.45, 2.75) is 24.7 Å². The molecule has 3 heterocycles. The Labute approximate surface area is 143 Å². The van der Waals surface area contributed by atoms with Crippen molar-refractivity contribution in [3.8, 4) is 17.0 Å². The van der Waals surface area contributed by atoms with Crippen LogP contribution in [0.1, 0.15) is 25.0 Å². The zero-order valence-corrected chi connectivity index (χ0v) is 14.2. The molecule has 2 bridgehead atoms. The van der Waals surface area contributed by atoms with Crippen molar-refractivity contribution in [3.63, 3.8) is 0 Å². The van der Waals surface area contributed by atoms with Gasteiger partial charge in [0.15, 0.2) is 0 Å². The molecule has 5 heteroatoms. The van der Waals surface area contributed by atoms with E-state index in [1.807, 2.05) is 24.3 Å². The Morgan fingerprint density at radius 1 is 1.00 bits per heavy atom. The quantitative estimate of drug-likeness (QED) is 0.865. The second kappa shape index (κ2) is 6.46. The highest BCUT2D eigenvalue weighted by Gasteiger charge is 2.43. The summed E-state index contributed by atoms with van der Waals surface area (Å²) in [6.07, 6.45) is 3.76. The molecule has 0 saturated carbocycles. The van der Waals surface area contributed by atoms with Crippen molar-refractivity contribution >= 4 is 12.4 Å². The van der Waals surface area contributed by atoms with Crippen LogP contribution in [0.15, 0.2) is 36.4 Å². The lowest BCUT2D eigenvalue weighted by Crippen LogP contribution is -2.37. The summed E-state index contributed by atoms with van der Waals surface area (Å²) in [6, 6.07) is 12.3. The molecule has 0 radical (unpaired) electrons. The van der Waals surface area contributed by atoms with Gasteiger partial charge < -0.3 is 9.64 Å². The minimum Gasteiger partial charge on any atom is -0.497 e. The Morgan fingerprint density at radius 3 is 2.52 bits per heavy atom. The molecule has 0 N–H and O–H groups in total. The average molecular weight is 332 g/mol. The van der Waals surface area contributed by atoms with Crippen molar-refractivity contribution in [3.05, 3.63) is 42.1 Å². The molecule has 2 fully saturated rings. The zero-order valence-electron chi connectivity index (χ0n) is 13.4. The molecular formula is C18H22ClN3O. The molecule has 4 rings (SSSR count). The lowest BCUT2D eigenvalue weighted by atomic mass is 9.78. The first kappa shape index (κ1) is 16.2. The molecule has 4 nitrogen and oxygen atoms in total. The minimum absolute atomic E-state index is 0. The highest BCUT2D eigenvalue weighted by Crippen LogP contribution is 2.41. The van der Waals surface area contributed by atoms with Gasteiger partial charge in [0.2, 0.25) is 0 Å². The van der Waals surface area contributed by atoms with Gasteiger partial charge in [0, 0.05) is 17.5 Å². The number of piperidine rings is 1. The predicted octanol–water partition coefficient (Wildman–Crippen LogP) is 3.31. The van der Waals surface area contributed by atoms with Gasteiger partial charge in [-0.25, -0.2) is 0 Å². The van der Waals surface area contributed by atoms with E-state index in [9.17, 15) is 0 Å². The number of fused-ring (bicyclic) bond motifs is 2. The summed E-state index contributed by atoms with van der Waals surface area (Å²) in [5.74, 6) is 0.862. The molecule has 0 spiro atoms. The zero-order chi connectivity index (χ0) is 15.0. The van der Waals surface area contributed by atoms with Gasteiger partial charge in [-0.2, -0.15) is 10.2 Å². The van der Waals surface area contributed by atoms with Gasteiger partial charge in [-0.05, 0) is 68.8 Å². The van der Waals surface area contributed by atoms with Gasteiger partial charge in [0.25, 0.3) is 0 Å². The van der Waals surface area contributed by atoms with Crippen LogP contribution in [0.3, 0.4) is 0 Å². The van der Waals surface area contributed by atoms with E-state index in [1.54, 1.807) is 7.11 Å². The van der Waals surface area contributed by atoms with E-state index in [0.29, 0.717) is 0 Å². The summed E-state index contributed by atoms with van der Waals surface area (Å²) in [5.41, 5.74) is 3.43. The maximum Gasteiger partial charge on any atom is 0.118 e. The molecular weight excluding hydrogens is 310 g/mol. The molecule has 2 atom stereocenters. The molecule has 1 unspecified atom stereocenters. The van der Waals surface area contributed by atoms with E-state index >= 15 is 0 Å². The predicted molar refractivity (Wildman–Crippen MR) is 93.2 cm³/mol. The van der Waals surface area contributed by atoms with E-state index in [2.05, 4.69) is 27.2 Å². The normalized spacial score (nSPS) is 25.7. The Hall–Kier alpha value is -1.65. The number of rotatable bonds is 3. The van der Waals surface area contributed by atoms with Gasteiger partial charge in [0.05, 0.1) is 18.5 Å². The van der Waals surface area contributed by atoms with Crippen LogP contribution in [0.5, 0.6) is 5.75 Å². The van der Waals surface area contributed by atoms with Crippen molar-refractivity contribution in [2.24, 2.45) is 0 Å². The summed E-state index contributed by atoms with van der Waals surface area (Å²) in [7, 11) is 1.68. The SMILES string of the molecule is COc1ccc(-c2ccc([C@@]34CCCN(CC3)C4)nn2)cc1.Cl. The molecule has 2 aromatic rings. The number of hydrogen-bond donors (Lipinski definition) is 0. The lowest BCUT2D eigenvalue weighted by molar-refractivity contribution is 0.239. The number of hydrogen-bond acceptors (Lipinski definition) is 4. The monoisotopic (exact) mass is 331 g/mol. The molecule has 23 heavy (non-hydrogen) atoms. The summed E-state index contributed by atoms with van der Waals surface area (Å²) in [6.45, 7) is 3.62. The summed E-state index contributed by atoms with van der Waals surface area (Å²) in [4.78, 5) is 2.56. The number of halogens is 1. The third-order valence-electron chi connectivity index (χ3n) is 5.16. The molecule has 0 aliphatic carbocycles. The van der Waals surface area contributed by atoms with Crippen molar-refractivity contribution in [1.82, 2.24) is 15.1 Å². The van der Waals surface area contributed by atoms with E-state index in [-0.39, 0.29) is 17.8 Å². The number of methoxy groups -OCH3 is 1. The summed E-state index contributed by atoms with van der Waals surface area (Å²) in [5, 5.41) is 9.06. The Bertz CT molecular complexity index is 655. The fraction of sp³-hybridized carbons (Fsp3) is 0.444. The highest BCUT2D eigenvalue weighted by molar-refractivity contribution is 5.85. The van der Waals surface area contributed by atoms with Crippen molar-refractivity contribution in [1.29, 1.82) is 0 Å². The van der Waals surface area contributed by atoms with Gasteiger partial charge in [-0.1, -0.05) is 0 Å². The fourth-order valence-corrected chi connectivity index (χ4v) is 3.86. The number of nitrogens with zero attached hydrogens (tertiary/aromatic N) is 3. The number of benzene rings is 1. The van der Waals surface area contributed by atoms with Crippen LogP contribution in [-0.4, -0.2) is 41.8 Å². The highest BCUT2D eigenvalue weighted by atomic mass is 35.5. The van der Waals surface area contributed by atoms with Crippen LogP contribution in [0.25, 0.3) is 11.3 Å². The Balaban J connectivity index is 0.00000156. The molecule has 2 saturated heterocycles. The number of ether oxygens (including phenoxy) is 1. The van der Waals surface area contributed by atoms with Crippen LogP contribution >= 0.6 is 12.4 Å². The van der Waals surface area contributed by atoms with Crippen molar-refractivity contribution < 1.29 is 4.74 Å². The van der Waals surface area contributed by atoms with E-state index in [0.717, 1.165) is 23.6 Å². The molecule has 122 valence electrons. The fourth-order valence-electron chi connectivity index (χ4n) is 3.86. The summed E-state index contributed by atoms with van der Waals surface area (Å²) < 4.78 is 5.20. The van der Waals surface area contributed by atoms with Gasteiger partial charge in [-0.3, -0.25) is 0 Å². The summed E-state index contributed by atoms with van der Waals surface area (Å²) >= 11 is 0. The third kappa shape index (κ3) is 2.93. The average Bonchev–Trinajstić information content (AvgIpc) is 2.90. The molecule has 2 aliphatic heterocycles. The van der Waals surface area contributed by atoms with Crippen molar-refractivity contribution in [2.75, 3.05) is 26.7 Å². The smallest absolute Gasteiger partial charge is 0.118 e. The second-order valence-corrected chi connectivity index (χ2v) is 6.44. The lowest BCUT2D eigenvalue weighted by Gasteiger charge is -2.33. The van der Waals surface area contributed by atoms with Gasteiger partial charge >= 0.3 is 0 Å². The van der Waals surface area contributed by atoms with E-state index in [1.165, 1.54) is 38.0 Å². The molecule has 2 aliphatic rings. The van der Waals surface area contributed by atoms with E-state index < -0.39 is 0 Å².